The summed E-state index contributed by atoms with van der Waals surface area (Å²) in [5.74, 6) is 0. The number of benzene rings is 3. The van der Waals surface area contributed by atoms with E-state index in [1.807, 2.05) is 6.07 Å². The van der Waals surface area contributed by atoms with E-state index in [0.717, 1.165) is 11.1 Å². The van der Waals surface area contributed by atoms with Gasteiger partial charge in [-0.1, -0.05) is 60.7 Å². The van der Waals surface area contributed by atoms with E-state index in [4.69, 9.17) is 18.0 Å². The van der Waals surface area contributed by atoms with E-state index in [1.165, 1.54) is 0 Å². The number of hydrogen-bond donors (Lipinski definition) is 3. The van der Waals surface area contributed by atoms with Gasteiger partial charge in [0.1, 0.15) is 0 Å². The minimum atomic E-state index is -4.96. The number of thiocarbonyl (C=S) groups is 1. The number of rotatable bonds is 5. The summed E-state index contributed by atoms with van der Waals surface area (Å²) >= 11 is 5.21. The average molecular weight is 520 g/mol. The van der Waals surface area contributed by atoms with E-state index in [0.29, 0.717) is 12.1 Å². The summed E-state index contributed by atoms with van der Waals surface area (Å²) in [7, 11) is 0. The zero-order valence-electron chi connectivity index (χ0n) is 17.3. The van der Waals surface area contributed by atoms with Crippen LogP contribution >= 0.6 is 24.6 Å². The molecule has 34 heavy (non-hydrogen) atoms. The zero-order valence-corrected chi connectivity index (χ0v) is 19.0. The molecule has 3 aromatic carbocycles. The first-order valence-electron chi connectivity index (χ1n) is 9.67. The van der Waals surface area contributed by atoms with E-state index in [-0.39, 0.29) is 23.6 Å². The molecule has 0 saturated heterocycles. The second kappa shape index (κ2) is 11.1. The van der Waals surface area contributed by atoms with Crippen molar-refractivity contribution in [1.29, 1.82) is 0 Å². The Hall–Kier alpha value is -2.82. The van der Waals surface area contributed by atoms with Crippen LogP contribution in [-0.4, -0.2) is 5.11 Å². The molecule has 0 spiro atoms. The quantitative estimate of drug-likeness (QED) is 0.254. The normalized spacial score (nSPS) is 13.4. The highest BCUT2D eigenvalue weighted by molar-refractivity contribution is 7.80. The number of halogens is 7. The highest BCUT2D eigenvalue weighted by atomic mass is 35.5. The van der Waals surface area contributed by atoms with Crippen LogP contribution in [0.5, 0.6) is 0 Å². The maximum Gasteiger partial charge on any atom is 0.416 e. The lowest BCUT2D eigenvalue weighted by molar-refractivity contribution is -0.143. The molecule has 0 fully saturated rings. The number of nitrogens with two attached hydrogens (primary N) is 1. The summed E-state index contributed by atoms with van der Waals surface area (Å²) < 4.78 is 78.8. The van der Waals surface area contributed by atoms with Gasteiger partial charge in [0.2, 0.25) is 0 Å². The largest absolute Gasteiger partial charge is 0.416 e. The van der Waals surface area contributed by atoms with Crippen molar-refractivity contribution in [2.45, 2.75) is 24.4 Å². The Morgan fingerprint density at radius 1 is 0.735 bits per heavy atom. The molecular formula is C23H20ClF6N3S. The molecule has 2 atom stereocenters. The number of nitrogens with one attached hydrogen (secondary N) is 2. The second-order valence-electron chi connectivity index (χ2n) is 7.22. The SMILES string of the molecule is Cl.NC(c1ccccc1)C(NC(=S)Nc1cc(C(F)(F)F)cc(C(F)(F)F)c1)c1ccccc1. The topological polar surface area (TPSA) is 50.1 Å². The van der Waals surface area contributed by atoms with Crippen LogP contribution < -0.4 is 16.4 Å². The van der Waals surface area contributed by atoms with Crippen molar-refractivity contribution in [3.63, 3.8) is 0 Å². The molecule has 11 heteroatoms. The van der Waals surface area contributed by atoms with Gasteiger partial charge in [-0.05, 0) is 41.5 Å². The molecule has 3 rings (SSSR count). The van der Waals surface area contributed by atoms with Gasteiger partial charge < -0.3 is 16.4 Å². The molecule has 4 N–H and O–H groups in total. The van der Waals surface area contributed by atoms with Crippen molar-refractivity contribution in [3.8, 4) is 0 Å². The Kier molecular flexibility index (Phi) is 8.93. The zero-order chi connectivity index (χ0) is 24.2. The molecule has 0 heterocycles. The lowest BCUT2D eigenvalue weighted by atomic mass is 9.94. The fraction of sp³-hybridized carbons (Fsp3) is 0.174. The summed E-state index contributed by atoms with van der Waals surface area (Å²) in [6.07, 6.45) is -9.93. The fourth-order valence-corrected chi connectivity index (χ4v) is 3.49. The predicted molar refractivity (Wildman–Crippen MR) is 126 cm³/mol. The smallest absolute Gasteiger partial charge is 0.354 e. The first-order valence-corrected chi connectivity index (χ1v) is 10.1. The Morgan fingerprint density at radius 2 is 1.18 bits per heavy atom. The molecule has 0 radical (unpaired) electrons. The molecule has 2 unspecified atom stereocenters. The van der Waals surface area contributed by atoms with Crippen molar-refractivity contribution < 1.29 is 26.3 Å². The van der Waals surface area contributed by atoms with E-state index < -0.39 is 41.3 Å². The average Bonchev–Trinajstić information content (AvgIpc) is 2.77. The van der Waals surface area contributed by atoms with E-state index in [2.05, 4.69) is 10.6 Å². The molecule has 0 aliphatic heterocycles. The Bertz CT molecular complexity index is 1060. The fourth-order valence-electron chi connectivity index (χ4n) is 3.24. The van der Waals surface area contributed by atoms with Crippen molar-refractivity contribution in [1.82, 2.24) is 5.32 Å². The summed E-state index contributed by atoms with van der Waals surface area (Å²) in [5.41, 5.74) is 4.59. The van der Waals surface area contributed by atoms with E-state index in [1.54, 1.807) is 54.6 Å². The van der Waals surface area contributed by atoms with Crippen molar-refractivity contribution >= 4 is 35.4 Å². The second-order valence-corrected chi connectivity index (χ2v) is 7.63. The van der Waals surface area contributed by atoms with Gasteiger partial charge in [-0.15, -0.1) is 12.4 Å². The van der Waals surface area contributed by atoms with Crippen LogP contribution in [0.25, 0.3) is 0 Å². The van der Waals surface area contributed by atoms with Crippen molar-refractivity contribution in [2.24, 2.45) is 5.73 Å². The van der Waals surface area contributed by atoms with E-state index >= 15 is 0 Å². The van der Waals surface area contributed by atoms with Crippen LogP contribution in [-0.2, 0) is 12.4 Å². The van der Waals surface area contributed by atoms with Crippen molar-refractivity contribution in [3.05, 3.63) is 101 Å². The third-order valence-electron chi connectivity index (χ3n) is 4.83. The summed E-state index contributed by atoms with van der Waals surface area (Å²) in [6.45, 7) is 0. The van der Waals surface area contributed by atoms with Gasteiger partial charge in [0.15, 0.2) is 5.11 Å². The molecule has 3 aromatic rings. The predicted octanol–water partition coefficient (Wildman–Crippen LogP) is 6.87. The number of anilines is 1. The molecule has 0 aliphatic carbocycles. The highest BCUT2D eigenvalue weighted by Gasteiger charge is 2.37. The first kappa shape index (κ1) is 27.4. The minimum absolute atomic E-state index is 0. The van der Waals surface area contributed by atoms with Gasteiger partial charge in [0, 0.05) is 5.69 Å². The van der Waals surface area contributed by atoms with Crippen LogP contribution in [0.15, 0.2) is 78.9 Å². The molecule has 182 valence electrons. The molecular weight excluding hydrogens is 500 g/mol. The maximum absolute atomic E-state index is 13.1. The van der Waals surface area contributed by atoms with Gasteiger partial charge in [0.25, 0.3) is 0 Å². The lowest BCUT2D eigenvalue weighted by Crippen LogP contribution is -2.38. The minimum Gasteiger partial charge on any atom is -0.354 e. The van der Waals surface area contributed by atoms with Crippen LogP contribution in [0, 0.1) is 0 Å². The monoisotopic (exact) mass is 519 g/mol. The Labute approximate surface area is 203 Å². The molecule has 0 aromatic heterocycles. The third-order valence-corrected chi connectivity index (χ3v) is 5.05. The molecule has 0 aliphatic rings. The van der Waals surface area contributed by atoms with E-state index in [9.17, 15) is 26.3 Å². The molecule has 0 amide bonds. The van der Waals surface area contributed by atoms with Gasteiger partial charge in [-0.25, -0.2) is 0 Å². The van der Waals surface area contributed by atoms with Gasteiger partial charge in [-0.2, -0.15) is 26.3 Å². The van der Waals surface area contributed by atoms with Crippen LogP contribution in [0.1, 0.15) is 34.3 Å². The number of hydrogen-bond acceptors (Lipinski definition) is 2. The highest BCUT2D eigenvalue weighted by Crippen LogP contribution is 2.37. The Morgan fingerprint density at radius 3 is 1.62 bits per heavy atom. The van der Waals surface area contributed by atoms with Crippen molar-refractivity contribution in [2.75, 3.05) is 5.32 Å². The first-order chi connectivity index (χ1) is 15.4. The van der Waals surface area contributed by atoms with Gasteiger partial charge in [0.05, 0.1) is 23.2 Å². The maximum atomic E-state index is 13.1. The summed E-state index contributed by atoms with van der Waals surface area (Å²) in [4.78, 5) is 0. The molecule has 0 saturated carbocycles. The van der Waals surface area contributed by atoms with Crippen LogP contribution in [0.4, 0.5) is 32.0 Å². The van der Waals surface area contributed by atoms with Gasteiger partial charge in [-0.3, -0.25) is 0 Å². The Balaban J connectivity index is 0.00000408. The van der Waals surface area contributed by atoms with Crippen LogP contribution in [0.3, 0.4) is 0 Å². The lowest BCUT2D eigenvalue weighted by Gasteiger charge is -2.27. The number of alkyl halides is 6. The summed E-state index contributed by atoms with van der Waals surface area (Å²) in [5, 5.41) is 5.19. The third kappa shape index (κ3) is 7.09. The van der Waals surface area contributed by atoms with Gasteiger partial charge >= 0.3 is 12.4 Å². The van der Waals surface area contributed by atoms with Crippen LogP contribution in [0.2, 0.25) is 0 Å². The molecule has 3 nitrogen and oxygen atoms in total. The standard InChI is InChI=1S/C23H19F6N3S.ClH/c24-22(25,26)16-11-17(23(27,28)29)13-18(12-16)31-21(33)32-20(15-9-5-2-6-10-15)19(30)14-7-3-1-4-8-14;/h1-13,19-20H,30H2,(H2,31,32,33);1H. The summed E-state index contributed by atoms with van der Waals surface area (Å²) in [6, 6.07) is 17.9. The molecule has 0 bridgehead atoms.